The maximum absolute atomic E-state index is 11.9. The van der Waals surface area contributed by atoms with Gasteiger partial charge in [0.1, 0.15) is 0 Å². The smallest absolute Gasteiger partial charge is 0.154 e. The molecule has 0 saturated heterocycles. The van der Waals surface area contributed by atoms with Gasteiger partial charge in [0.2, 0.25) is 0 Å². The Kier molecular flexibility index (Phi) is 1.63. The van der Waals surface area contributed by atoms with Gasteiger partial charge in [0, 0.05) is 11.6 Å². The molecule has 1 aromatic heterocycles. The molecule has 0 radical (unpaired) electrons. The number of aromatic nitrogens is 1. The topological polar surface area (TPSA) is 24.9 Å². The summed E-state index contributed by atoms with van der Waals surface area (Å²) in [6.45, 7) is 0. The second-order valence-electron chi connectivity index (χ2n) is 2.51. The van der Waals surface area contributed by atoms with E-state index in [0.717, 1.165) is 10.8 Å². The van der Waals surface area contributed by atoms with Crippen LogP contribution >= 0.6 is 0 Å². The van der Waals surface area contributed by atoms with Gasteiger partial charge in [-0.1, -0.05) is 24.3 Å². The molecule has 1 aromatic carbocycles. The Morgan fingerprint density at radius 3 is 2.67 bits per heavy atom. The van der Waals surface area contributed by atoms with Gasteiger partial charge in [-0.15, -0.1) is 4.48 Å². The van der Waals surface area contributed by atoms with Gasteiger partial charge < -0.3 is 0 Å². The number of rotatable bonds is 1. The number of pyridine rings is 1. The Hall–Kier alpha value is -1.64. The lowest BCUT2D eigenvalue weighted by molar-refractivity contribution is 0.612. The first-order chi connectivity index (χ1) is 5.90. The van der Waals surface area contributed by atoms with Crippen LogP contribution in [0.4, 0.5) is 10.3 Å². The first-order valence-corrected chi connectivity index (χ1v) is 3.61. The lowest BCUT2D eigenvalue weighted by Crippen LogP contribution is -1.85. The molecule has 0 atom stereocenters. The zero-order chi connectivity index (χ0) is 8.39. The van der Waals surface area contributed by atoms with Gasteiger partial charge in [-0.3, -0.25) is 0 Å². The molecule has 2 aromatic rings. The molecule has 12 heavy (non-hydrogen) atoms. The number of nitrogens with zero attached hydrogens (tertiary/aromatic N) is 1. The SMILES string of the molecule is FNc1cc2ccccc2cn1. The molecular formula is C9H7FN2. The van der Waals surface area contributed by atoms with E-state index in [9.17, 15) is 4.48 Å². The molecule has 2 rings (SSSR count). The van der Waals surface area contributed by atoms with Crippen molar-refractivity contribution in [2.24, 2.45) is 0 Å². The van der Waals surface area contributed by atoms with Crippen LogP contribution in [0.25, 0.3) is 10.8 Å². The monoisotopic (exact) mass is 162 g/mol. The number of anilines is 1. The summed E-state index contributed by atoms with van der Waals surface area (Å²) in [6, 6.07) is 9.34. The molecule has 3 heteroatoms. The Bertz CT molecular complexity index is 400. The zero-order valence-corrected chi connectivity index (χ0v) is 6.29. The lowest BCUT2D eigenvalue weighted by atomic mass is 10.2. The highest BCUT2D eigenvalue weighted by molar-refractivity contribution is 5.83. The van der Waals surface area contributed by atoms with Crippen molar-refractivity contribution in [3.8, 4) is 0 Å². The van der Waals surface area contributed by atoms with E-state index in [-0.39, 0.29) is 5.82 Å². The van der Waals surface area contributed by atoms with Crippen molar-refractivity contribution < 1.29 is 4.48 Å². The van der Waals surface area contributed by atoms with E-state index in [2.05, 4.69) is 4.98 Å². The lowest BCUT2D eigenvalue weighted by Gasteiger charge is -1.98. The Morgan fingerprint density at radius 1 is 1.17 bits per heavy atom. The molecule has 1 N–H and O–H groups in total. The molecule has 0 aliphatic carbocycles. The third-order valence-electron chi connectivity index (χ3n) is 1.73. The van der Waals surface area contributed by atoms with Crippen LogP contribution in [0.15, 0.2) is 36.5 Å². The second-order valence-corrected chi connectivity index (χ2v) is 2.51. The quantitative estimate of drug-likeness (QED) is 0.652. The van der Waals surface area contributed by atoms with Crippen LogP contribution in [-0.2, 0) is 0 Å². The zero-order valence-electron chi connectivity index (χ0n) is 6.29. The van der Waals surface area contributed by atoms with Crippen LogP contribution in [0.1, 0.15) is 0 Å². The minimum absolute atomic E-state index is 0.244. The van der Waals surface area contributed by atoms with Gasteiger partial charge >= 0.3 is 0 Å². The normalized spacial score (nSPS) is 10.1. The summed E-state index contributed by atoms with van der Waals surface area (Å²) in [6.07, 6.45) is 1.64. The van der Waals surface area contributed by atoms with E-state index < -0.39 is 0 Å². The minimum Gasteiger partial charge on any atom is -0.236 e. The average molecular weight is 162 g/mol. The van der Waals surface area contributed by atoms with Gasteiger partial charge in [-0.2, -0.15) is 0 Å². The summed E-state index contributed by atoms with van der Waals surface area (Å²) in [4.78, 5) is 3.84. The van der Waals surface area contributed by atoms with E-state index in [1.54, 1.807) is 12.3 Å². The number of halogens is 1. The number of hydrogen-bond donors (Lipinski definition) is 1. The molecule has 60 valence electrons. The summed E-state index contributed by atoms with van der Waals surface area (Å²) in [5.74, 6) is 0.244. The van der Waals surface area contributed by atoms with Gasteiger partial charge in [0.05, 0.1) is 0 Å². The minimum atomic E-state index is 0.244. The molecule has 0 fully saturated rings. The molecule has 0 bridgehead atoms. The highest BCUT2D eigenvalue weighted by Gasteiger charge is 1.94. The fraction of sp³-hybridized carbons (Fsp3) is 0. The van der Waals surface area contributed by atoms with Gasteiger partial charge in [-0.25, -0.2) is 10.5 Å². The predicted octanol–water partition coefficient (Wildman–Crippen LogP) is 2.53. The fourth-order valence-corrected chi connectivity index (χ4v) is 1.14. The van der Waals surface area contributed by atoms with Crippen molar-refractivity contribution in [3.05, 3.63) is 36.5 Å². The van der Waals surface area contributed by atoms with Crippen LogP contribution in [0.5, 0.6) is 0 Å². The fourth-order valence-electron chi connectivity index (χ4n) is 1.14. The summed E-state index contributed by atoms with van der Waals surface area (Å²) in [5, 5.41) is 1.99. The first kappa shape index (κ1) is 7.03. The van der Waals surface area contributed by atoms with E-state index in [4.69, 9.17) is 0 Å². The van der Waals surface area contributed by atoms with Crippen LogP contribution in [0.2, 0.25) is 0 Å². The van der Waals surface area contributed by atoms with Crippen molar-refractivity contribution in [3.63, 3.8) is 0 Å². The van der Waals surface area contributed by atoms with Crippen LogP contribution in [-0.4, -0.2) is 4.98 Å². The molecule has 0 aliphatic rings. The van der Waals surface area contributed by atoms with E-state index >= 15 is 0 Å². The van der Waals surface area contributed by atoms with Crippen LogP contribution < -0.4 is 5.54 Å². The number of benzene rings is 1. The third kappa shape index (κ3) is 1.09. The molecular weight excluding hydrogens is 155 g/mol. The Balaban J connectivity index is 2.67. The second kappa shape index (κ2) is 2.77. The average Bonchev–Trinajstić information content (AvgIpc) is 2.17. The number of fused-ring (bicyclic) bond motifs is 1. The maximum Gasteiger partial charge on any atom is 0.154 e. The highest BCUT2D eigenvalue weighted by Crippen LogP contribution is 2.15. The van der Waals surface area contributed by atoms with Crippen LogP contribution in [0, 0.1) is 0 Å². The predicted molar refractivity (Wildman–Crippen MR) is 46.5 cm³/mol. The summed E-state index contributed by atoms with van der Waals surface area (Å²) < 4.78 is 11.9. The van der Waals surface area contributed by atoms with Gasteiger partial charge in [-0.05, 0) is 11.5 Å². The van der Waals surface area contributed by atoms with Crippen LogP contribution in [0.3, 0.4) is 0 Å². The Morgan fingerprint density at radius 2 is 1.92 bits per heavy atom. The first-order valence-electron chi connectivity index (χ1n) is 3.61. The molecule has 2 nitrogen and oxygen atoms in total. The van der Waals surface area contributed by atoms with Crippen molar-refractivity contribution in [1.82, 2.24) is 4.98 Å². The molecule has 0 amide bonds. The third-order valence-corrected chi connectivity index (χ3v) is 1.73. The van der Waals surface area contributed by atoms with Crippen molar-refractivity contribution in [1.29, 1.82) is 0 Å². The standard InChI is InChI=1S/C9H7FN2/c10-12-9-5-7-3-1-2-4-8(7)6-11-9/h1-6H,(H,11,12). The largest absolute Gasteiger partial charge is 0.236 e. The number of hydrogen-bond acceptors (Lipinski definition) is 2. The molecule has 0 saturated carbocycles. The van der Waals surface area contributed by atoms with Gasteiger partial charge in [0.15, 0.2) is 5.82 Å². The summed E-state index contributed by atoms with van der Waals surface area (Å²) in [5.41, 5.74) is 1.51. The van der Waals surface area contributed by atoms with Crippen molar-refractivity contribution >= 4 is 16.6 Å². The van der Waals surface area contributed by atoms with E-state index in [1.807, 2.05) is 24.3 Å². The molecule has 0 aliphatic heterocycles. The van der Waals surface area contributed by atoms with E-state index in [0.29, 0.717) is 0 Å². The Labute approximate surface area is 69.0 Å². The van der Waals surface area contributed by atoms with Crippen molar-refractivity contribution in [2.45, 2.75) is 0 Å². The maximum atomic E-state index is 11.9. The van der Waals surface area contributed by atoms with Gasteiger partial charge in [0.25, 0.3) is 0 Å². The number of nitrogens with one attached hydrogen (secondary N) is 1. The van der Waals surface area contributed by atoms with E-state index in [1.165, 1.54) is 5.54 Å². The summed E-state index contributed by atoms with van der Waals surface area (Å²) >= 11 is 0. The summed E-state index contributed by atoms with van der Waals surface area (Å²) in [7, 11) is 0. The highest BCUT2D eigenvalue weighted by atomic mass is 19.2. The molecule has 1 heterocycles. The molecule has 0 spiro atoms. The molecule has 0 unspecified atom stereocenters. The van der Waals surface area contributed by atoms with Crippen molar-refractivity contribution in [2.75, 3.05) is 5.54 Å².